The highest BCUT2D eigenvalue weighted by Crippen LogP contribution is 2.32. The van der Waals surface area contributed by atoms with E-state index in [9.17, 15) is 14.7 Å². The van der Waals surface area contributed by atoms with Crippen LogP contribution in [0.25, 0.3) is 0 Å². The molecule has 31 heavy (non-hydrogen) atoms. The van der Waals surface area contributed by atoms with Gasteiger partial charge >= 0.3 is 0 Å². The van der Waals surface area contributed by atoms with Crippen LogP contribution in [0.3, 0.4) is 0 Å². The summed E-state index contributed by atoms with van der Waals surface area (Å²) in [7, 11) is 3.84. The molecule has 0 bridgehead atoms. The van der Waals surface area contributed by atoms with Gasteiger partial charge in [0.25, 0.3) is 0 Å². The number of carbonyl (C=O) groups is 2. The summed E-state index contributed by atoms with van der Waals surface area (Å²) in [5, 5.41) is 15.2. The number of amides is 1. The number of aliphatic carboxylic acids is 1. The van der Waals surface area contributed by atoms with Crippen molar-refractivity contribution >= 4 is 11.9 Å². The van der Waals surface area contributed by atoms with Crippen LogP contribution >= 0.6 is 0 Å². The summed E-state index contributed by atoms with van der Waals surface area (Å²) < 4.78 is 0.222. The average molecular weight is 441 g/mol. The lowest BCUT2D eigenvalue weighted by molar-refractivity contribution is -0.960. The number of nitrogens with zero attached hydrogens (tertiary/aromatic N) is 1. The second kappa shape index (κ2) is 16.5. The summed E-state index contributed by atoms with van der Waals surface area (Å²) in [4.78, 5) is 24.7. The molecule has 0 spiro atoms. The zero-order valence-corrected chi connectivity index (χ0v) is 21.6. The SMILES string of the molecule is CCCCCCCCCCCCCC(=O)NC(CCC)[N+](C)(C)C(CC)(CC)C(=O)[O-]. The summed E-state index contributed by atoms with van der Waals surface area (Å²) in [6, 6.07) is 0. The first kappa shape index (κ1) is 29.9. The number of carbonyl (C=O) groups excluding carboxylic acids is 2. The maximum atomic E-state index is 12.6. The van der Waals surface area contributed by atoms with E-state index in [0.717, 1.165) is 25.7 Å². The van der Waals surface area contributed by atoms with Crippen molar-refractivity contribution in [3.63, 3.8) is 0 Å². The van der Waals surface area contributed by atoms with Gasteiger partial charge in [0.2, 0.25) is 5.91 Å². The standard InChI is InChI=1S/C26H52N2O3/c1-7-11-12-13-14-15-16-17-18-19-20-22-24(29)27-23(21-8-2)28(5,6)26(9-3,10-4)25(30)31/h23H,7-22H2,1-6H3,(H-,27,29,30,31). The topological polar surface area (TPSA) is 69.2 Å². The molecule has 0 heterocycles. The fraction of sp³-hybridized carbons (Fsp3) is 0.923. The molecule has 0 aromatic rings. The zero-order chi connectivity index (χ0) is 23.8. The lowest BCUT2D eigenvalue weighted by Gasteiger charge is -2.52. The molecule has 0 aliphatic rings. The molecule has 1 unspecified atom stereocenters. The van der Waals surface area contributed by atoms with Gasteiger partial charge in [0, 0.05) is 25.7 Å². The summed E-state index contributed by atoms with van der Waals surface area (Å²) >= 11 is 0. The summed E-state index contributed by atoms with van der Waals surface area (Å²) in [6.07, 6.45) is 16.8. The third-order valence-corrected chi connectivity index (χ3v) is 7.33. The van der Waals surface area contributed by atoms with Crippen molar-refractivity contribution in [1.82, 2.24) is 5.32 Å². The van der Waals surface area contributed by atoms with Crippen LogP contribution in [0.4, 0.5) is 0 Å². The molecule has 0 radical (unpaired) electrons. The maximum Gasteiger partial charge on any atom is 0.224 e. The van der Waals surface area contributed by atoms with Crippen LogP contribution < -0.4 is 10.4 Å². The van der Waals surface area contributed by atoms with Gasteiger partial charge in [0.15, 0.2) is 6.17 Å². The molecule has 0 fully saturated rings. The minimum Gasteiger partial charge on any atom is -0.544 e. The van der Waals surface area contributed by atoms with Crippen molar-refractivity contribution in [1.29, 1.82) is 0 Å². The van der Waals surface area contributed by atoms with E-state index in [0.29, 0.717) is 19.3 Å². The highest BCUT2D eigenvalue weighted by Gasteiger charge is 2.48. The summed E-state index contributed by atoms with van der Waals surface area (Å²) in [5.41, 5.74) is -0.996. The van der Waals surface area contributed by atoms with E-state index in [-0.39, 0.29) is 16.6 Å². The molecule has 0 aromatic heterocycles. The molecule has 184 valence electrons. The normalized spacial score (nSPS) is 13.2. The Hall–Kier alpha value is -1.10. The Bertz CT molecular complexity index is 487. The molecule has 0 rings (SSSR count). The van der Waals surface area contributed by atoms with Crippen LogP contribution in [0.2, 0.25) is 0 Å². The first-order valence-corrected chi connectivity index (χ1v) is 13.1. The van der Waals surface area contributed by atoms with Gasteiger partial charge in [-0.2, -0.15) is 0 Å². The first-order chi connectivity index (χ1) is 14.7. The third-order valence-electron chi connectivity index (χ3n) is 7.33. The molecule has 5 nitrogen and oxygen atoms in total. The molecular formula is C26H52N2O3. The van der Waals surface area contributed by atoms with Gasteiger partial charge in [0.1, 0.15) is 11.5 Å². The van der Waals surface area contributed by atoms with Gasteiger partial charge in [-0.15, -0.1) is 0 Å². The van der Waals surface area contributed by atoms with Crippen molar-refractivity contribution in [2.75, 3.05) is 14.1 Å². The molecule has 1 atom stereocenters. The minimum atomic E-state index is -1.02. The Labute approximate surface area is 192 Å². The van der Waals surface area contributed by atoms with E-state index in [1.807, 2.05) is 27.9 Å². The number of carboxylic acid groups (broad SMARTS) is 1. The van der Waals surface area contributed by atoms with E-state index >= 15 is 0 Å². The number of likely N-dealkylation sites (N-methyl/N-ethyl adjacent to an activating group) is 1. The van der Waals surface area contributed by atoms with Crippen molar-refractivity contribution in [2.45, 2.75) is 142 Å². The van der Waals surface area contributed by atoms with Crippen LogP contribution in [0.5, 0.6) is 0 Å². The Kier molecular flexibility index (Phi) is 15.9. The smallest absolute Gasteiger partial charge is 0.224 e. The van der Waals surface area contributed by atoms with Crippen LogP contribution in [0.15, 0.2) is 0 Å². The number of unbranched alkanes of at least 4 members (excludes halogenated alkanes) is 10. The van der Waals surface area contributed by atoms with Gasteiger partial charge in [-0.05, 0) is 12.8 Å². The summed E-state index contributed by atoms with van der Waals surface area (Å²) in [5.74, 6) is -0.983. The Morgan fingerprint density at radius 2 is 1.23 bits per heavy atom. The largest absolute Gasteiger partial charge is 0.544 e. The highest BCUT2D eigenvalue weighted by molar-refractivity contribution is 5.76. The Balaban J connectivity index is 4.42. The molecule has 1 amide bonds. The second-order valence-electron chi connectivity index (χ2n) is 9.72. The predicted molar refractivity (Wildman–Crippen MR) is 128 cm³/mol. The number of hydrogen-bond acceptors (Lipinski definition) is 3. The van der Waals surface area contributed by atoms with Crippen LogP contribution in [0.1, 0.15) is 130 Å². The number of rotatable bonds is 20. The molecule has 0 aliphatic carbocycles. The van der Waals surface area contributed by atoms with Gasteiger partial charge in [-0.3, -0.25) is 9.28 Å². The first-order valence-electron chi connectivity index (χ1n) is 13.1. The number of carboxylic acids is 1. The molecular weight excluding hydrogens is 388 g/mol. The number of nitrogens with one attached hydrogen (secondary N) is 1. The molecule has 5 heteroatoms. The molecule has 0 aromatic carbocycles. The van der Waals surface area contributed by atoms with E-state index in [1.54, 1.807) is 0 Å². The van der Waals surface area contributed by atoms with E-state index in [2.05, 4.69) is 19.2 Å². The number of hydrogen-bond donors (Lipinski definition) is 1. The maximum absolute atomic E-state index is 12.6. The van der Waals surface area contributed by atoms with Crippen molar-refractivity contribution in [2.24, 2.45) is 0 Å². The fourth-order valence-electron chi connectivity index (χ4n) is 4.92. The lowest BCUT2D eigenvalue weighted by atomic mass is 9.87. The third kappa shape index (κ3) is 9.93. The van der Waals surface area contributed by atoms with Gasteiger partial charge in [0.05, 0.1) is 14.1 Å². The quantitative estimate of drug-likeness (QED) is 0.158. The van der Waals surface area contributed by atoms with Crippen molar-refractivity contribution < 1.29 is 19.2 Å². The van der Waals surface area contributed by atoms with Gasteiger partial charge in [-0.25, -0.2) is 0 Å². The van der Waals surface area contributed by atoms with Crippen molar-refractivity contribution in [3.05, 3.63) is 0 Å². The predicted octanol–water partition coefficient (Wildman–Crippen LogP) is 5.32. The van der Waals surface area contributed by atoms with E-state index < -0.39 is 11.5 Å². The zero-order valence-electron chi connectivity index (χ0n) is 21.6. The molecule has 1 N–H and O–H groups in total. The minimum absolute atomic E-state index is 0.0417. The molecule has 0 saturated carbocycles. The highest BCUT2D eigenvalue weighted by atomic mass is 16.4. The molecule has 0 aliphatic heterocycles. The van der Waals surface area contributed by atoms with Gasteiger partial charge in [-0.1, -0.05) is 91.9 Å². The van der Waals surface area contributed by atoms with Crippen LogP contribution in [-0.4, -0.2) is 42.2 Å². The Morgan fingerprint density at radius 3 is 1.61 bits per heavy atom. The van der Waals surface area contributed by atoms with Crippen molar-refractivity contribution in [3.8, 4) is 0 Å². The summed E-state index contributed by atoms with van der Waals surface area (Å²) in [6.45, 7) is 8.12. The van der Waals surface area contributed by atoms with E-state index in [4.69, 9.17) is 0 Å². The van der Waals surface area contributed by atoms with Crippen LogP contribution in [0, 0.1) is 0 Å². The van der Waals surface area contributed by atoms with E-state index in [1.165, 1.54) is 57.8 Å². The monoisotopic (exact) mass is 440 g/mol. The average Bonchev–Trinajstić information content (AvgIpc) is 2.72. The molecule has 0 saturated heterocycles. The fourth-order valence-corrected chi connectivity index (χ4v) is 4.92. The second-order valence-corrected chi connectivity index (χ2v) is 9.72. The van der Waals surface area contributed by atoms with Crippen LogP contribution in [-0.2, 0) is 9.59 Å². The Morgan fingerprint density at radius 1 is 0.774 bits per heavy atom. The lowest BCUT2D eigenvalue weighted by Crippen LogP contribution is -2.73. The number of quaternary nitrogens is 1. The van der Waals surface area contributed by atoms with Gasteiger partial charge < -0.3 is 15.2 Å².